The molecule has 25 heavy (non-hydrogen) atoms. The van der Waals surface area contributed by atoms with Crippen molar-refractivity contribution in [3.05, 3.63) is 60.3 Å². The van der Waals surface area contributed by atoms with Gasteiger partial charge < -0.3 is 14.6 Å². The zero-order valence-electron chi connectivity index (χ0n) is 13.9. The van der Waals surface area contributed by atoms with Crippen molar-refractivity contribution >= 4 is 17.9 Å². The van der Waals surface area contributed by atoms with Crippen LogP contribution in [-0.4, -0.2) is 41.3 Å². The molecule has 130 valence electrons. The number of hydrogen-bond acceptors (Lipinski definition) is 4. The van der Waals surface area contributed by atoms with Gasteiger partial charge in [-0.15, -0.1) is 0 Å². The number of aromatic nitrogens is 1. The first-order valence-corrected chi connectivity index (χ1v) is 8.41. The second kappa shape index (κ2) is 8.28. The van der Waals surface area contributed by atoms with Gasteiger partial charge in [-0.25, -0.2) is 0 Å². The van der Waals surface area contributed by atoms with Crippen LogP contribution in [0.1, 0.15) is 29.0 Å². The van der Waals surface area contributed by atoms with E-state index in [1.54, 1.807) is 55.1 Å². The molecular weight excluding hydrogens is 318 g/mol. The molecule has 0 saturated carbocycles. The highest BCUT2D eigenvalue weighted by atomic mass is 16.3. The van der Waals surface area contributed by atoms with Gasteiger partial charge in [0.2, 0.25) is 5.91 Å². The predicted octanol–water partition coefficient (Wildman–Crippen LogP) is 2.36. The molecule has 0 aromatic carbocycles. The Morgan fingerprint density at radius 2 is 2.12 bits per heavy atom. The van der Waals surface area contributed by atoms with Crippen LogP contribution >= 0.6 is 0 Å². The molecule has 2 aromatic heterocycles. The summed E-state index contributed by atoms with van der Waals surface area (Å²) in [7, 11) is 0. The number of amides is 2. The Bertz CT molecular complexity index is 718. The van der Waals surface area contributed by atoms with Gasteiger partial charge in [-0.1, -0.05) is 0 Å². The highest BCUT2D eigenvalue weighted by Crippen LogP contribution is 2.17. The molecule has 0 aliphatic carbocycles. The van der Waals surface area contributed by atoms with Gasteiger partial charge in [-0.3, -0.25) is 14.6 Å². The van der Waals surface area contributed by atoms with Crippen LogP contribution in [0.3, 0.4) is 0 Å². The van der Waals surface area contributed by atoms with Crippen LogP contribution < -0.4 is 5.32 Å². The van der Waals surface area contributed by atoms with E-state index in [0.29, 0.717) is 36.9 Å². The maximum Gasteiger partial charge on any atom is 0.252 e. The molecule has 1 aliphatic heterocycles. The first-order valence-electron chi connectivity index (χ1n) is 8.41. The lowest BCUT2D eigenvalue weighted by molar-refractivity contribution is -0.127. The Morgan fingerprint density at radius 3 is 2.80 bits per heavy atom. The Kier molecular flexibility index (Phi) is 5.61. The third-order valence-corrected chi connectivity index (χ3v) is 4.33. The highest BCUT2D eigenvalue weighted by molar-refractivity contribution is 5.93. The number of nitrogens with one attached hydrogen (secondary N) is 1. The average molecular weight is 339 g/mol. The minimum absolute atomic E-state index is 0.00533. The second-order valence-corrected chi connectivity index (χ2v) is 6.07. The summed E-state index contributed by atoms with van der Waals surface area (Å²) in [5.41, 5.74) is 0.568. The maximum atomic E-state index is 12.2. The summed E-state index contributed by atoms with van der Waals surface area (Å²) >= 11 is 0. The number of carbonyl (C=O) groups excluding carboxylic acids is 2. The monoisotopic (exact) mass is 339 g/mol. The molecule has 2 aromatic rings. The van der Waals surface area contributed by atoms with Crippen LogP contribution in [0.4, 0.5) is 0 Å². The van der Waals surface area contributed by atoms with Crippen LogP contribution in [0.25, 0.3) is 6.08 Å². The second-order valence-electron chi connectivity index (χ2n) is 6.07. The van der Waals surface area contributed by atoms with E-state index in [4.69, 9.17) is 4.42 Å². The van der Waals surface area contributed by atoms with E-state index in [1.807, 2.05) is 4.90 Å². The van der Waals surface area contributed by atoms with Crippen molar-refractivity contribution in [2.24, 2.45) is 5.92 Å². The number of rotatable bonds is 5. The van der Waals surface area contributed by atoms with Gasteiger partial charge in [0.15, 0.2) is 0 Å². The van der Waals surface area contributed by atoms with E-state index >= 15 is 0 Å². The molecular formula is C19H21N3O3. The molecule has 0 radical (unpaired) electrons. The van der Waals surface area contributed by atoms with Crippen molar-refractivity contribution < 1.29 is 14.0 Å². The average Bonchev–Trinajstić information content (AvgIpc) is 3.19. The lowest BCUT2D eigenvalue weighted by atomic mass is 9.96. The molecule has 1 aliphatic rings. The van der Waals surface area contributed by atoms with E-state index in [9.17, 15) is 9.59 Å². The Labute approximate surface area is 146 Å². The van der Waals surface area contributed by atoms with Crippen LogP contribution in [-0.2, 0) is 4.79 Å². The number of furan rings is 1. The van der Waals surface area contributed by atoms with Crippen molar-refractivity contribution in [1.82, 2.24) is 15.2 Å². The van der Waals surface area contributed by atoms with E-state index in [2.05, 4.69) is 10.3 Å². The van der Waals surface area contributed by atoms with E-state index < -0.39 is 0 Å². The minimum atomic E-state index is -0.104. The van der Waals surface area contributed by atoms with Crippen LogP contribution in [0.2, 0.25) is 0 Å². The van der Waals surface area contributed by atoms with E-state index in [-0.39, 0.29) is 11.8 Å². The Morgan fingerprint density at radius 1 is 1.28 bits per heavy atom. The van der Waals surface area contributed by atoms with Gasteiger partial charge in [0, 0.05) is 38.1 Å². The fourth-order valence-electron chi connectivity index (χ4n) is 2.84. The standard InChI is InChI=1S/C19H21N3O3/c23-18(6-5-17-4-2-12-25-17)22-10-7-15(8-11-22)13-21-19(24)16-3-1-9-20-14-16/h1-6,9,12,14-15H,7-8,10-11,13H2,(H,21,24). The molecule has 1 fully saturated rings. The van der Waals surface area contributed by atoms with Gasteiger partial charge in [0.1, 0.15) is 5.76 Å². The number of piperidine rings is 1. The third-order valence-electron chi connectivity index (χ3n) is 4.33. The van der Waals surface area contributed by atoms with Gasteiger partial charge in [0.25, 0.3) is 5.91 Å². The molecule has 2 amide bonds. The normalized spacial score (nSPS) is 15.4. The summed E-state index contributed by atoms with van der Waals surface area (Å²) in [6.45, 7) is 2.03. The van der Waals surface area contributed by atoms with Crippen LogP contribution in [0.5, 0.6) is 0 Å². The Hall–Kier alpha value is -2.89. The van der Waals surface area contributed by atoms with E-state index in [1.165, 1.54) is 0 Å². The summed E-state index contributed by atoms with van der Waals surface area (Å²) in [4.78, 5) is 30.0. The predicted molar refractivity (Wildman–Crippen MR) is 93.6 cm³/mol. The van der Waals surface area contributed by atoms with Crippen LogP contribution in [0.15, 0.2) is 53.4 Å². The van der Waals surface area contributed by atoms with Crippen molar-refractivity contribution in [2.75, 3.05) is 19.6 Å². The number of hydrogen-bond donors (Lipinski definition) is 1. The molecule has 1 N–H and O–H groups in total. The zero-order valence-corrected chi connectivity index (χ0v) is 13.9. The number of nitrogens with zero attached hydrogens (tertiary/aromatic N) is 2. The van der Waals surface area contributed by atoms with Crippen molar-refractivity contribution in [1.29, 1.82) is 0 Å². The Balaban J connectivity index is 1.41. The van der Waals surface area contributed by atoms with E-state index in [0.717, 1.165) is 12.8 Å². The molecule has 3 rings (SSSR count). The van der Waals surface area contributed by atoms with Gasteiger partial charge in [-0.2, -0.15) is 0 Å². The molecule has 0 spiro atoms. The number of pyridine rings is 1. The first kappa shape index (κ1) is 17.0. The van der Waals surface area contributed by atoms with Gasteiger partial charge >= 0.3 is 0 Å². The largest absolute Gasteiger partial charge is 0.465 e. The van der Waals surface area contributed by atoms with Gasteiger partial charge in [0.05, 0.1) is 11.8 Å². The lowest BCUT2D eigenvalue weighted by Crippen LogP contribution is -2.41. The molecule has 1 saturated heterocycles. The summed E-state index contributed by atoms with van der Waals surface area (Å²) in [5, 5.41) is 2.95. The van der Waals surface area contributed by atoms with Crippen LogP contribution in [0, 0.1) is 5.92 Å². The van der Waals surface area contributed by atoms with Crippen molar-refractivity contribution in [3.63, 3.8) is 0 Å². The summed E-state index contributed by atoms with van der Waals surface area (Å²) in [6.07, 6.45) is 9.77. The number of likely N-dealkylation sites (tertiary alicyclic amines) is 1. The minimum Gasteiger partial charge on any atom is -0.465 e. The summed E-state index contributed by atoms with van der Waals surface area (Å²) in [6, 6.07) is 7.08. The fourth-order valence-corrected chi connectivity index (χ4v) is 2.84. The fraction of sp³-hybridized carbons (Fsp3) is 0.316. The summed E-state index contributed by atoms with van der Waals surface area (Å²) < 4.78 is 5.18. The van der Waals surface area contributed by atoms with Crippen molar-refractivity contribution in [2.45, 2.75) is 12.8 Å². The first-order chi connectivity index (χ1) is 12.2. The van der Waals surface area contributed by atoms with Crippen molar-refractivity contribution in [3.8, 4) is 0 Å². The van der Waals surface area contributed by atoms with Gasteiger partial charge in [-0.05, 0) is 49.1 Å². The molecule has 3 heterocycles. The molecule has 0 unspecified atom stereocenters. The quantitative estimate of drug-likeness (QED) is 0.849. The number of carbonyl (C=O) groups is 2. The summed E-state index contributed by atoms with van der Waals surface area (Å²) in [5.74, 6) is 0.947. The third kappa shape index (κ3) is 4.79. The maximum absolute atomic E-state index is 12.2. The molecule has 6 nitrogen and oxygen atoms in total. The highest BCUT2D eigenvalue weighted by Gasteiger charge is 2.22. The molecule has 0 bridgehead atoms. The SMILES string of the molecule is O=C(NCC1CCN(C(=O)C=Cc2ccco2)CC1)c1cccnc1. The molecule has 0 atom stereocenters. The topological polar surface area (TPSA) is 75.4 Å². The lowest BCUT2D eigenvalue weighted by Gasteiger charge is -2.31. The molecule has 6 heteroatoms. The zero-order chi connectivity index (χ0) is 17.5. The smallest absolute Gasteiger partial charge is 0.252 e.